The molecule has 0 amide bonds. The number of nitrogens with two attached hydrogens (primary N) is 1. The molecule has 2 fully saturated rings. The fourth-order valence-electron chi connectivity index (χ4n) is 6.05. The van der Waals surface area contributed by atoms with E-state index in [0.717, 1.165) is 50.5 Å². The number of para-hydroxylation sites is 2. The van der Waals surface area contributed by atoms with Crippen LogP contribution in [0.15, 0.2) is 48.5 Å². The van der Waals surface area contributed by atoms with Crippen molar-refractivity contribution in [2.75, 3.05) is 51.3 Å². The molecule has 1 aliphatic carbocycles. The van der Waals surface area contributed by atoms with E-state index < -0.39 is 0 Å². The number of rotatable bonds is 9. The van der Waals surface area contributed by atoms with Gasteiger partial charge >= 0.3 is 0 Å². The lowest BCUT2D eigenvalue weighted by Gasteiger charge is -2.39. The molecule has 33 heavy (non-hydrogen) atoms. The van der Waals surface area contributed by atoms with Crippen molar-refractivity contribution in [1.82, 2.24) is 4.90 Å². The Balaban J connectivity index is 1.41. The molecular weight excluding hydrogens is 413 g/mol. The molecule has 0 aromatic heterocycles. The molecule has 0 unspecified atom stereocenters. The highest BCUT2D eigenvalue weighted by molar-refractivity contribution is 5.58. The van der Waals surface area contributed by atoms with E-state index in [-0.39, 0.29) is 11.7 Å². The van der Waals surface area contributed by atoms with E-state index in [4.69, 9.17) is 10.5 Å². The Morgan fingerprint density at radius 3 is 2.36 bits per heavy atom. The molecule has 2 atom stereocenters. The molecule has 1 saturated heterocycles. The second kappa shape index (κ2) is 11.8. The van der Waals surface area contributed by atoms with Gasteiger partial charge in [-0.3, -0.25) is 4.90 Å². The number of benzene rings is 2. The molecule has 180 valence electrons. The summed E-state index contributed by atoms with van der Waals surface area (Å²) in [6.45, 7) is 5.62. The zero-order chi connectivity index (χ0) is 23.0. The van der Waals surface area contributed by atoms with Crippen LogP contribution in [0.1, 0.15) is 50.0 Å². The van der Waals surface area contributed by atoms with Crippen molar-refractivity contribution in [2.24, 2.45) is 17.6 Å². The average molecular weight is 454 g/mol. The fourth-order valence-corrected chi connectivity index (χ4v) is 6.05. The molecule has 1 heterocycles. The van der Waals surface area contributed by atoms with E-state index in [9.17, 15) is 4.39 Å². The molecule has 2 aliphatic rings. The van der Waals surface area contributed by atoms with Crippen molar-refractivity contribution in [3.05, 3.63) is 59.9 Å². The number of nitrogens with zero attached hydrogens (tertiary/aromatic N) is 2. The SMILES string of the molecule is COc1ccccc1N1CCN(CC[C@H](c2ccccc2F)[C@H](CN)C2CCCCC2)CC1. The van der Waals surface area contributed by atoms with Gasteiger partial charge in [-0.25, -0.2) is 4.39 Å². The van der Waals surface area contributed by atoms with Gasteiger partial charge in [0.25, 0.3) is 0 Å². The van der Waals surface area contributed by atoms with Crippen LogP contribution in [0.25, 0.3) is 0 Å². The van der Waals surface area contributed by atoms with Gasteiger partial charge < -0.3 is 15.4 Å². The number of ether oxygens (including phenoxy) is 1. The third kappa shape index (κ3) is 5.88. The topological polar surface area (TPSA) is 41.7 Å². The van der Waals surface area contributed by atoms with Crippen LogP contribution < -0.4 is 15.4 Å². The Kier molecular flexibility index (Phi) is 8.63. The molecule has 0 radical (unpaired) electrons. The molecule has 5 heteroatoms. The molecule has 4 nitrogen and oxygen atoms in total. The highest BCUT2D eigenvalue weighted by atomic mass is 19.1. The summed E-state index contributed by atoms with van der Waals surface area (Å²) < 4.78 is 20.5. The van der Waals surface area contributed by atoms with Crippen LogP contribution in [0.3, 0.4) is 0 Å². The van der Waals surface area contributed by atoms with E-state index >= 15 is 0 Å². The lowest BCUT2D eigenvalue weighted by molar-refractivity contribution is 0.188. The zero-order valence-electron chi connectivity index (χ0n) is 20.1. The molecule has 0 bridgehead atoms. The highest BCUT2D eigenvalue weighted by Crippen LogP contribution is 2.40. The molecule has 0 spiro atoms. The van der Waals surface area contributed by atoms with Crippen LogP contribution in [0.2, 0.25) is 0 Å². The third-order valence-electron chi connectivity index (χ3n) is 7.90. The number of anilines is 1. The number of halogens is 1. The lowest BCUT2D eigenvalue weighted by atomic mass is 9.71. The summed E-state index contributed by atoms with van der Waals surface area (Å²) in [6.07, 6.45) is 7.35. The molecule has 1 aliphatic heterocycles. The van der Waals surface area contributed by atoms with E-state index in [2.05, 4.69) is 21.9 Å². The van der Waals surface area contributed by atoms with Gasteiger partial charge in [0.15, 0.2) is 0 Å². The number of hydrogen-bond donors (Lipinski definition) is 1. The minimum Gasteiger partial charge on any atom is -0.495 e. The van der Waals surface area contributed by atoms with Crippen molar-refractivity contribution >= 4 is 5.69 Å². The van der Waals surface area contributed by atoms with Gasteiger partial charge in [-0.2, -0.15) is 0 Å². The smallest absolute Gasteiger partial charge is 0.142 e. The summed E-state index contributed by atoms with van der Waals surface area (Å²) in [7, 11) is 1.73. The summed E-state index contributed by atoms with van der Waals surface area (Å²) in [5.74, 6) is 2.03. The summed E-state index contributed by atoms with van der Waals surface area (Å²) >= 11 is 0. The number of methoxy groups -OCH3 is 1. The lowest BCUT2D eigenvalue weighted by Crippen LogP contribution is -2.47. The Bertz CT molecular complexity index is 862. The van der Waals surface area contributed by atoms with Crippen molar-refractivity contribution < 1.29 is 9.13 Å². The molecular formula is C28H40FN3O. The van der Waals surface area contributed by atoms with E-state index in [1.807, 2.05) is 24.3 Å². The largest absolute Gasteiger partial charge is 0.495 e. The van der Waals surface area contributed by atoms with Crippen LogP contribution in [-0.4, -0.2) is 51.3 Å². The second-order valence-corrected chi connectivity index (χ2v) is 9.71. The highest BCUT2D eigenvalue weighted by Gasteiger charge is 2.32. The molecule has 2 N–H and O–H groups in total. The minimum absolute atomic E-state index is 0.0715. The van der Waals surface area contributed by atoms with Crippen LogP contribution in [0, 0.1) is 17.7 Å². The normalized spacial score (nSPS) is 19.9. The van der Waals surface area contributed by atoms with Gasteiger partial charge in [-0.1, -0.05) is 62.4 Å². The summed E-state index contributed by atoms with van der Waals surface area (Å²) in [6, 6.07) is 15.6. The third-order valence-corrected chi connectivity index (χ3v) is 7.90. The maximum absolute atomic E-state index is 14.9. The predicted octanol–water partition coefficient (Wildman–Crippen LogP) is 5.29. The summed E-state index contributed by atoms with van der Waals surface area (Å²) in [4.78, 5) is 4.95. The Morgan fingerprint density at radius 2 is 1.67 bits per heavy atom. The van der Waals surface area contributed by atoms with Crippen LogP contribution >= 0.6 is 0 Å². The van der Waals surface area contributed by atoms with Gasteiger partial charge in [0.2, 0.25) is 0 Å². The van der Waals surface area contributed by atoms with Crippen molar-refractivity contribution in [3.63, 3.8) is 0 Å². The first-order valence-electron chi connectivity index (χ1n) is 12.8. The van der Waals surface area contributed by atoms with Gasteiger partial charge in [0.1, 0.15) is 11.6 Å². The Hall–Kier alpha value is -2.11. The first-order valence-corrected chi connectivity index (χ1v) is 12.8. The van der Waals surface area contributed by atoms with E-state index in [1.54, 1.807) is 19.2 Å². The van der Waals surface area contributed by atoms with Crippen LogP contribution in [0.4, 0.5) is 10.1 Å². The summed E-state index contributed by atoms with van der Waals surface area (Å²) in [5.41, 5.74) is 8.39. The Labute approximate surface area is 198 Å². The van der Waals surface area contributed by atoms with E-state index in [1.165, 1.54) is 37.8 Å². The van der Waals surface area contributed by atoms with Crippen molar-refractivity contribution in [3.8, 4) is 5.75 Å². The minimum atomic E-state index is -0.0715. The number of piperazine rings is 1. The first kappa shape index (κ1) is 24.0. The monoisotopic (exact) mass is 453 g/mol. The van der Waals surface area contributed by atoms with Crippen molar-refractivity contribution in [2.45, 2.75) is 44.4 Å². The first-order chi connectivity index (χ1) is 16.2. The van der Waals surface area contributed by atoms with Crippen LogP contribution in [-0.2, 0) is 0 Å². The van der Waals surface area contributed by atoms with Crippen LogP contribution in [0.5, 0.6) is 5.75 Å². The van der Waals surface area contributed by atoms with Gasteiger partial charge in [0, 0.05) is 26.2 Å². The standard InChI is InChI=1S/C28H40FN3O/c1-33-28-14-8-7-13-27(28)32-19-17-31(18-20-32)16-15-23(24-11-5-6-12-26(24)29)25(21-30)22-9-3-2-4-10-22/h5-8,11-14,22-23,25H,2-4,9-10,15-21,30H2,1H3/t23-,25-/m1/s1. The van der Waals surface area contributed by atoms with Crippen molar-refractivity contribution in [1.29, 1.82) is 0 Å². The van der Waals surface area contributed by atoms with Gasteiger partial charge in [-0.15, -0.1) is 0 Å². The van der Waals surface area contributed by atoms with Gasteiger partial charge in [-0.05, 0) is 61.0 Å². The maximum Gasteiger partial charge on any atom is 0.142 e. The maximum atomic E-state index is 14.9. The Morgan fingerprint density at radius 1 is 0.970 bits per heavy atom. The second-order valence-electron chi connectivity index (χ2n) is 9.71. The molecule has 4 rings (SSSR count). The fraction of sp³-hybridized carbons (Fsp3) is 0.571. The summed E-state index contributed by atoms with van der Waals surface area (Å²) in [5, 5.41) is 0. The van der Waals surface area contributed by atoms with E-state index in [0.29, 0.717) is 18.4 Å². The molecule has 2 aromatic rings. The average Bonchev–Trinajstić information content (AvgIpc) is 2.88. The predicted molar refractivity (Wildman–Crippen MR) is 135 cm³/mol. The molecule has 2 aromatic carbocycles. The zero-order valence-corrected chi connectivity index (χ0v) is 20.1. The van der Waals surface area contributed by atoms with Gasteiger partial charge in [0.05, 0.1) is 12.8 Å². The molecule has 1 saturated carbocycles. The quantitative estimate of drug-likeness (QED) is 0.560. The number of hydrogen-bond acceptors (Lipinski definition) is 4.